The Balaban J connectivity index is 1.67. The van der Waals surface area contributed by atoms with Gasteiger partial charge in [0.25, 0.3) is 0 Å². The minimum absolute atomic E-state index is 0.567. The summed E-state index contributed by atoms with van der Waals surface area (Å²) in [6.45, 7) is 1.13. The van der Waals surface area contributed by atoms with Gasteiger partial charge in [-0.3, -0.25) is 0 Å². The summed E-state index contributed by atoms with van der Waals surface area (Å²) >= 11 is 0. The summed E-state index contributed by atoms with van der Waals surface area (Å²) in [5.74, 6) is 1.76. The molecule has 0 radical (unpaired) electrons. The third-order valence-corrected chi connectivity index (χ3v) is 4.06. The van der Waals surface area contributed by atoms with Crippen LogP contribution in [0.5, 0.6) is 11.5 Å². The molecule has 3 aromatic rings. The van der Waals surface area contributed by atoms with Crippen LogP contribution in [0, 0.1) is 0 Å². The first-order chi connectivity index (χ1) is 11.8. The molecule has 0 amide bonds. The number of rotatable bonds is 0. The minimum atomic E-state index is 0.567. The fourth-order valence-electron chi connectivity index (χ4n) is 2.61. The molecule has 0 atom stereocenters. The lowest BCUT2D eigenvalue weighted by atomic mass is 10.1. The summed E-state index contributed by atoms with van der Waals surface area (Å²) in [7, 11) is 0. The van der Waals surface area contributed by atoms with Gasteiger partial charge in [-0.15, -0.1) is 0 Å². The smallest absolute Gasteiger partial charge is 0.119 e. The van der Waals surface area contributed by atoms with E-state index in [1.165, 1.54) is 0 Å². The first-order valence-corrected chi connectivity index (χ1v) is 8.07. The van der Waals surface area contributed by atoms with Crippen molar-refractivity contribution >= 4 is 12.2 Å². The zero-order valence-electron chi connectivity index (χ0n) is 13.3. The van der Waals surface area contributed by atoms with Crippen molar-refractivity contribution < 1.29 is 9.47 Å². The molecular weight excluding hydrogens is 296 g/mol. The summed E-state index contributed by atoms with van der Waals surface area (Å²) in [5.41, 5.74) is 4.59. The summed E-state index contributed by atoms with van der Waals surface area (Å²) in [6, 6.07) is 24.6. The van der Waals surface area contributed by atoms with E-state index in [1.807, 2.05) is 24.3 Å². The maximum atomic E-state index is 5.85. The van der Waals surface area contributed by atoms with Crippen LogP contribution in [-0.4, -0.2) is 0 Å². The van der Waals surface area contributed by atoms with E-state index in [9.17, 15) is 0 Å². The maximum absolute atomic E-state index is 5.85. The zero-order valence-corrected chi connectivity index (χ0v) is 13.3. The SMILES string of the molecule is C1=C\c2ccc(cc2)OCc2ccc(cc2)COc2ccc/1cc2. The maximum Gasteiger partial charge on any atom is 0.119 e. The van der Waals surface area contributed by atoms with E-state index < -0.39 is 0 Å². The highest BCUT2D eigenvalue weighted by molar-refractivity contribution is 5.70. The summed E-state index contributed by atoms with van der Waals surface area (Å²) in [5, 5.41) is 0. The normalized spacial score (nSPS) is 14.5. The largest absolute Gasteiger partial charge is 0.489 e. The fraction of sp³-hybridized carbons (Fsp3) is 0.0909. The molecule has 0 aliphatic carbocycles. The van der Waals surface area contributed by atoms with Crippen molar-refractivity contribution in [2.24, 2.45) is 0 Å². The molecule has 4 aliphatic heterocycles. The minimum Gasteiger partial charge on any atom is -0.489 e. The first kappa shape index (κ1) is 14.6. The molecule has 4 aliphatic rings. The third kappa shape index (κ3) is 3.49. The average Bonchev–Trinajstić information content (AvgIpc) is 2.65. The van der Waals surface area contributed by atoms with Gasteiger partial charge in [-0.05, 0) is 46.5 Å². The standard InChI is InChI=1S/C22H18O2/c1-2-18-9-13-22(14-10-18)24-16-20-5-3-19(4-6-20)15-23-21-11-7-17(1)8-12-21/h1-14H,15-16H2/b2-1-. The summed E-state index contributed by atoms with van der Waals surface area (Å²) < 4.78 is 11.7. The van der Waals surface area contributed by atoms with Gasteiger partial charge in [0, 0.05) is 0 Å². The van der Waals surface area contributed by atoms with Crippen molar-refractivity contribution in [2.75, 3.05) is 0 Å². The second-order valence-electron chi connectivity index (χ2n) is 5.87. The van der Waals surface area contributed by atoms with E-state index in [4.69, 9.17) is 9.47 Å². The van der Waals surface area contributed by atoms with Crippen LogP contribution in [0.15, 0.2) is 72.8 Å². The molecule has 0 spiro atoms. The second-order valence-corrected chi connectivity index (χ2v) is 5.87. The van der Waals surface area contributed by atoms with E-state index in [1.54, 1.807) is 0 Å². The van der Waals surface area contributed by atoms with E-state index >= 15 is 0 Å². The summed E-state index contributed by atoms with van der Waals surface area (Å²) in [6.07, 6.45) is 4.20. The number of fused-ring (bicyclic) bond motifs is 3. The van der Waals surface area contributed by atoms with Crippen LogP contribution in [0.4, 0.5) is 0 Å². The van der Waals surface area contributed by atoms with Crippen LogP contribution in [-0.2, 0) is 13.2 Å². The van der Waals surface area contributed by atoms with Gasteiger partial charge in [0.05, 0.1) is 0 Å². The summed E-state index contributed by atoms with van der Waals surface area (Å²) in [4.78, 5) is 0. The highest BCUT2D eigenvalue weighted by Gasteiger charge is 2.00. The predicted molar refractivity (Wildman–Crippen MR) is 96.9 cm³/mol. The molecule has 0 saturated heterocycles. The molecule has 2 heteroatoms. The molecule has 0 N–H and O–H groups in total. The Kier molecular flexibility index (Phi) is 4.03. The Morgan fingerprint density at radius 3 is 1.21 bits per heavy atom. The van der Waals surface area contributed by atoms with Gasteiger partial charge < -0.3 is 9.47 Å². The fourth-order valence-corrected chi connectivity index (χ4v) is 2.61. The van der Waals surface area contributed by atoms with Crippen LogP contribution in [0.2, 0.25) is 0 Å². The topological polar surface area (TPSA) is 18.5 Å². The lowest BCUT2D eigenvalue weighted by molar-refractivity contribution is 0.302. The highest BCUT2D eigenvalue weighted by Crippen LogP contribution is 2.19. The molecule has 0 fully saturated rings. The third-order valence-electron chi connectivity index (χ3n) is 4.06. The van der Waals surface area contributed by atoms with Crippen molar-refractivity contribution in [3.63, 3.8) is 0 Å². The van der Waals surface area contributed by atoms with E-state index in [-0.39, 0.29) is 0 Å². The molecule has 0 aromatic heterocycles. The van der Waals surface area contributed by atoms with Crippen LogP contribution in [0.3, 0.4) is 0 Å². The van der Waals surface area contributed by atoms with Crippen LogP contribution < -0.4 is 9.47 Å². The first-order valence-electron chi connectivity index (χ1n) is 8.07. The number of ether oxygens (including phenoxy) is 2. The Morgan fingerprint density at radius 1 is 0.458 bits per heavy atom. The molecule has 0 saturated carbocycles. The van der Waals surface area contributed by atoms with Crippen LogP contribution in [0.1, 0.15) is 22.3 Å². The molecule has 6 bridgehead atoms. The molecular formula is C22H18O2. The molecule has 3 aromatic carbocycles. The van der Waals surface area contributed by atoms with Crippen LogP contribution in [0.25, 0.3) is 12.2 Å². The van der Waals surface area contributed by atoms with Crippen molar-refractivity contribution in [2.45, 2.75) is 13.2 Å². The van der Waals surface area contributed by atoms with Gasteiger partial charge in [0.1, 0.15) is 24.7 Å². The van der Waals surface area contributed by atoms with Crippen molar-refractivity contribution in [3.05, 3.63) is 95.1 Å². The molecule has 4 heterocycles. The Morgan fingerprint density at radius 2 is 0.833 bits per heavy atom. The highest BCUT2D eigenvalue weighted by atomic mass is 16.5. The van der Waals surface area contributed by atoms with Crippen LogP contribution >= 0.6 is 0 Å². The van der Waals surface area contributed by atoms with Gasteiger partial charge in [0.15, 0.2) is 0 Å². The Bertz CT molecular complexity index is 756. The van der Waals surface area contributed by atoms with Crippen molar-refractivity contribution in [1.82, 2.24) is 0 Å². The molecule has 24 heavy (non-hydrogen) atoms. The van der Waals surface area contributed by atoms with E-state index in [0.29, 0.717) is 13.2 Å². The van der Waals surface area contributed by atoms with Gasteiger partial charge in [-0.2, -0.15) is 0 Å². The van der Waals surface area contributed by atoms with Gasteiger partial charge in [0.2, 0.25) is 0 Å². The molecule has 7 rings (SSSR count). The van der Waals surface area contributed by atoms with E-state index in [0.717, 1.165) is 33.8 Å². The van der Waals surface area contributed by atoms with Crippen molar-refractivity contribution in [3.8, 4) is 11.5 Å². The van der Waals surface area contributed by atoms with E-state index in [2.05, 4.69) is 60.7 Å². The quantitative estimate of drug-likeness (QED) is 0.558. The van der Waals surface area contributed by atoms with Gasteiger partial charge >= 0.3 is 0 Å². The molecule has 0 unspecified atom stereocenters. The number of hydrogen-bond acceptors (Lipinski definition) is 2. The average molecular weight is 314 g/mol. The monoisotopic (exact) mass is 314 g/mol. The predicted octanol–water partition coefficient (Wildman–Crippen LogP) is 5.33. The van der Waals surface area contributed by atoms with Gasteiger partial charge in [-0.1, -0.05) is 60.7 Å². The number of hydrogen-bond donors (Lipinski definition) is 0. The number of benzene rings is 3. The lowest BCUT2D eigenvalue weighted by Crippen LogP contribution is -1.98. The zero-order chi connectivity index (χ0) is 16.2. The lowest BCUT2D eigenvalue weighted by Gasteiger charge is -2.09. The Labute approximate surface area is 142 Å². The molecule has 2 nitrogen and oxygen atoms in total. The Hall–Kier alpha value is -3.00. The van der Waals surface area contributed by atoms with Gasteiger partial charge in [-0.25, -0.2) is 0 Å². The second kappa shape index (κ2) is 6.63. The molecule has 118 valence electrons. The van der Waals surface area contributed by atoms with Crippen molar-refractivity contribution in [1.29, 1.82) is 0 Å².